The fourth-order valence-corrected chi connectivity index (χ4v) is 2.71. The maximum absolute atomic E-state index is 9.86. The van der Waals surface area contributed by atoms with Crippen LogP contribution in [0.2, 0.25) is 0 Å². The summed E-state index contributed by atoms with van der Waals surface area (Å²) < 4.78 is 0. The largest absolute Gasteiger partial charge is 0.508 e. The SMILES string of the molecule is CC(NC1CC1c1ccccc1)c1ccccc1O. The highest BCUT2D eigenvalue weighted by atomic mass is 16.3. The van der Waals surface area contributed by atoms with E-state index in [2.05, 4.69) is 42.6 Å². The standard InChI is InChI=1S/C17H19NO/c1-12(14-9-5-6-10-17(14)19)18-16-11-15(16)13-7-3-2-4-8-13/h2-10,12,15-16,18-19H,11H2,1H3. The number of benzene rings is 2. The molecule has 3 rings (SSSR count). The molecule has 0 bridgehead atoms. The van der Waals surface area contributed by atoms with Crippen LogP contribution >= 0.6 is 0 Å². The molecule has 0 aliphatic heterocycles. The predicted molar refractivity (Wildman–Crippen MR) is 77.2 cm³/mol. The van der Waals surface area contributed by atoms with E-state index in [0.29, 0.717) is 17.7 Å². The van der Waals surface area contributed by atoms with Gasteiger partial charge in [-0.05, 0) is 25.0 Å². The van der Waals surface area contributed by atoms with Crippen molar-refractivity contribution in [1.29, 1.82) is 0 Å². The zero-order chi connectivity index (χ0) is 13.2. The van der Waals surface area contributed by atoms with Crippen molar-refractivity contribution in [3.8, 4) is 5.75 Å². The number of phenols is 1. The molecule has 2 nitrogen and oxygen atoms in total. The van der Waals surface area contributed by atoms with E-state index in [0.717, 1.165) is 5.56 Å². The molecule has 0 radical (unpaired) electrons. The van der Waals surface area contributed by atoms with Crippen LogP contribution in [0.15, 0.2) is 54.6 Å². The number of phenolic OH excluding ortho intramolecular Hbond substituents is 1. The topological polar surface area (TPSA) is 32.3 Å². The Morgan fingerprint density at radius 1 is 1.05 bits per heavy atom. The number of aromatic hydroxyl groups is 1. The van der Waals surface area contributed by atoms with E-state index < -0.39 is 0 Å². The average molecular weight is 253 g/mol. The summed E-state index contributed by atoms with van der Waals surface area (Å²) in [5, 5.41) is 13.5. The molecule has 1 saturated carbocycles. The lowest BCUT2D eigenvalue weighted by molar-refractivity contribution is 0.451. The maximum atomic E-state index is 9.86. The van der Waals surface area contributed by atoms with E-state index in [-0.39, 0.29) is 6.04 Å². The Morgan fingerprint density at radius 2 is 1.74 bits per heavy atom. The van der Waals surface area contributed by atoms with Crippen molar-refractivity contribution < 1.29 is 5.11 Å². The van der Waals surface area contributed by atoms with Crippen LogP contribution in [-0.4, -0.2) is 11.1 Å². The van der Waals surface area contributed by atoms with E-state index in [1.165, 1.54) is 12.0 Å². The molecule has 98 valence electrons. The van der Waals surface area contributed by atoms with Crippen molar-refractivity contribution in [2.45, 2.75) is 31.3 Å². The monoisotopic (exact) mass is 253 g/mol. The molecule has 1 fully saturated rings. The third-order valence-electron chi connectivity index (χ3n) is 3.89. The van der Waals surface area contributed by atoms with E-state index >= 15 is 0 Å². The smallest absolute Gasteiger partial charge is 0.120 e. The van der Waals surface area contributed by atoms with E-state index in [1.54, 1.807) is 6.07 Å². The van der Waals surface area contributed by atoms with Gasteiger partial charge in [-0.1, -0.05) is 48.5 Å². The third kappa shape index (κ3) is 2.64. The molecule has 2 N–H and O–H groups in total. The Bertz CT molecular complexity index is 552. The van der Waals surface area contributed by atoms with Crippen LogP contribution in [0.3, 0.4) is 0 Å². The first-order chi connectivity index (χ1) is 9.25. The average Bonchev–Trinajstić information content (AvgIpc) is 3.19. The van der Waals surface area contributed by atoms with E-state index in [9.17, 15) is 5.11 Å². The Labute approximate surface area is 114 Å². The van der Waals surface area contributed by atoms with Crippen LogP contribution in [-0.2, 0) is 0 Å². The zero-order valence-electron chi connectivity index (χ0n) is 11.1. The Hall–Kier alpha value is -1.80. The van der Waals surface area contributed by atoms with E-state index in [4.69, 9.17) is 0 Å². The summed E-state index contributed by atoms with van der Waals surface area (Å²) in [5.41, 5.74) is 2.38. The van der Waals surface area contributed by atoms with Gasteiger partial charge in [-0.15, -0.1) is 0 Å². The first-order valence-corrected chi connectivity index (χ1v) is 6.84. The molecule has 0 amide bonds. The minimum absolute atomic E-state index is 0.180. The van der Waals surface area contributed by atoms with Gasteiger partial charge in [-0.2, -0.15) is 0 Å². The summed E-state index contributed by atoms with van der Waals surface area (Å²) in [7, 11) is 0. The predicted octanol–water partition coefficient (Wildman–Crippen LogP) is 3.60. The molecule has 2 aromatic carbocycles. The summed E-state index contributed by atoms with van der Waals surface area (Å²) >= 11 is 0. The number of para-hydroxylation sites is 1. The molecule has 19 heavy (non-hydrogen) atoms. The lowest BCUT2D eigenvalue weighted by Gasteiger charge is -2.15. The van der Waals surface area contributed by atoms with Crippen LogP contribution < -0.4 is 5.32 Å². The van der Waals surface area contributed by atoms with Gasteiger partial charge in [0.05, 0.1) is 0 Å². The van der Waals surface area contributed by atoms with E-state index in [1.807, 2.05) is 18.2 Å². The Kier molecular flexibility index (Phi) is 3.26. The van der Waals surface area contributed by atoms with Gasteiger partial charge < -0.3 is 10.4 Å². The highest BCUT2D eigenvalue weighted by Gasteiger charge is 2.38. The van der Waals surface area contributed by atoms with Crippen molar-refractivity contribution in [2.75, 3.05) is 0 Å². The van der Waals surface area contributed by atoms with Crippen LogP contribution in [0, 0.1) is 0 Å². The molecule has 3 unspecified atom stereocenters. The summed E-state index contributed by atoms with van der Waals surface area (Å²) in [6.45, 7) is 2.11. The van der Waals surface area contributed by atoms with Gasteiger partial charge >= 0.3 is 0 Å². The van der Waals surface area contributed by atoms with Crippen molar-refractivity contribution >= 4 is 0 Å². The Balaban J connectivity index is 1.64. The second-order valence-corrected chi connectivity index (χ2v) is 5.31. The van der Waals surface area contributed by atoms with Gasteiger partial charge in [0.25, 0.3) is 0 Å². The number of nitrogens with one attached hydrogen (secondary N) is 1. The molecular weight excluding hydrogens is 234 g/mol. The minimum atomic E-state index is 0.180. The van der Waals surface area contributed by atoms with Gasteiger partial charge in [0.2, 0.25) is 0 Å². The molecule has 2 aromatic rings. The molecule has 1 aliphatic rings. The number of rotatable bonds is 4. The van der Waals surface area contributed by atoms with Crippen molar-refractivity contribution in [3.05, 3.63) is 65.7 Å². The molecule has 0 saturated heterocycles. The lowest BCUT2D eigenvalue weighted by atomic mass is 10.1. The molecule has 0 heterocycles. The molecule has 3 atom stereocenters. The molecule has 0 spiro atoms. The fraction of sp³-hybridized carbons (Fsp3) is 0.294. The Morgan fingerprint density at radius 3 is 2.47 bits per heavy atom. The summed E-state index contributed by atoms with van der Waals surface area (Å²) in [6.07, 6.45) is 1.18. The first kappa shape index (κ1) is 12.2. The summed E-state index contributed by atoms with van der Waals surface area (Å²) in [5.74, 6) is 0.994. The highest BCUT2D eigenvalue weighted by molar-refractivity contribution is 5.35. The van der Waals surface area contributed by atoms with Crippen LogP contribution in [0.1, 0.15) is 36.4 Å². The van der Waals surface area contributed by atoms with Gasteiger partial charge in [0.1, 0.15) is 5.75 Å². The van der Waals surface area contributed by atoms with Crippen LogP contribution in [0.5, 0.6) is 5.75 Å². The number of hydrogen-bond acceptors (Lipinski definition) is 2. The highest BCUT2D eigenvalue weighted by Crippen LogP contribution is 2.42. The molecule has 1 aliphatic carbocycles. The van der Waals surface area contributed by atoms with Crippen molar-refractivity contribution in [1.82, 2.24) is 5.32 Å². The first-order valence-electron chi connectivity index (χ1n) is 6.84. The van der Waals surface area contributed by atoms with Gasteiger partial charge in [-0.25, -0.2) is 0 Å². The summed E-state index contributed by atoms with van der Waals surface area (Å²) in [6, 6.07) is 18.9. The van der Waals surface area contributed by atoms with Gasteiger partial charge in [0, 0.05) is 23.6 Å². The van der Waals surface area contributed by atoms with Crippen molar-refractivity contribution in [2.24, 2.45) is 0 Å². The molecular formula is C17H19NO. The number of hydrogen-bond donors (Lipinski definition) is 2. The van der Waals surface area contributed by atoms with Crippen molar-refractivity contribution in [3.63, 3.8) is 0 Å². The quantitative estimate of drug-likeness (QED) is 0.872. The normalized spacial score (nSPS) is 23.0. The summed E-state index contributed by atoms with van der Waals surface area (Å²) in [4.78, 5) is 0. The van der Waals surface area contributed by atoms with Gasteiger partial charge in [-0.3, -0.25) is 0 Å². The second kappa shape index (κ2) is 5.06. The maximum Gasteiger partial charge on any atom is 0.120 e. The molecule has 2 heteroatoms. The minimum Gasteiger partial charge on any atom is -0.508 e. The lowest BCUT2D eigenvalue weighted by Crippen LogP contribution is -2.22. The molecule has 0 aromatic heterocycles. The van der Waals surface area contributed by atoms with Crippen LogP contribution in [0.4, 0.5) is 0 Å². The second-order valence-electron chi connectivity index (χ2n) is 5.31. The third-order valence-corrected chi connectivity index (χ3v) is 3.89. The fourth-order valence-electron chi connectivity index (χ4n) is 2.71. The zero-order valence-corrected chi connectivity index (χ0v) is 11.1. The van der Waals surface area contributed by atoms with Gasteiger partial charge in [0.15, 0.2) is 0 Å². The van der Waals surface area contributed by atoms with Crippen LogP contribution in [0.25, 0.3) is 0 Å².